The Morgan fingerprint density at radius 1 is 1.16 bits per heavy atom. The van der Waals surface area contributed by atoms with E-state index in [1.165, 1.54) is 19.2 Å². The minimum atomic E-state index is -0.984. The Labute approximate surface area is 182 Å². The van der Waals surface area contributed by atoms with Crippen LogP contribution in [-0.4, -0.2) is 47.6 Å². The molecule has 2 aromatic carbocycles. The van der Waals surface area contributed by atoms with Crippen LogP contribution in [0.4, 0.5) is 10.1 Å². The molecule has 6 heteroatoms. The van der Waals surface area contributed by atoms with Crippen molar-refractivity contribution in [2.45, 2.75) is 56.9 Å². The number of ether oxygens (including phenoxy) is 1. The molecule has 3 rings (SSSR count). The third-order valence-electron chi connectivity index (χ3n) is 5.67. The Morgan fingerprint density at radius 3 is 2.48 bits per heavy atom. The highest BCUT2D eigenvalue weighted by Crippen LogP contribution is 2.46. The Bertz CT molecular complexity index is 912. The van der Waals surface area contributed by atoms with Crippen molar-refractivity contribution in [1.29, 1.82) is 0 Å². The van der Waals surface area contributed by atoms with Gasteiger partial charge < -0.3 is 19.8 Å². The molecule has 0 saturated heterocycles. The van der Waals surface area contributed by atoms with Gasteiger partial charge in [-0.15, -0.1) is 0 Å². The van der Waals surface area contributed by atoms with Gasteiger partial charge in [0.2, 0.25) is 0 Å². The van der Waals surface area contributed by atoms with E-state index in [4.69, 9.17) is 0 Å². The fourth-order valence-electron chi connectivity index (χ4n) is 4.32. The van der Waals surface area contributed by atoms with Crippen LogP contribution in [0.2, 0.25) is 0 Å². The number of carbonyl (C=O) groups excluding carboxylic acids is 1. The Balaban J connectivity index is 1.88. The molecule has 0 saturated carbocycles. The molecular formula is C25H30FNO4. The van der Waals surface area contributed by atoms with E-state index < -0.39 is 18.2 Å². The van der Waals surface area contributed by atoms with Gasteiger partial charge >= 0.3 is 5.97 Å². The number of aliphatic hydroxyl groups is 2. The van der Waals surface area contributed by atoms with Crippen molar-refractivity contribution in [3.05, 3.63) is 77.6 Å². The summed E-state index contributed by atoms with van der Waals surface area (Å²) in [5.74, 6) is -0.822. The van der Waals surface area contributed by atoms with Crippen molar-refractivity contribution in [3.8, 4) is 0 Å². The first-order valence-corrected chi connectivity index (χ1v) is 10.6. The van der Waals surface area contributed by atoms with Gasteiger partial charge in [0.25, 0.3) is 0 Å². The molecule has 166 valence electrons. The molecule has 1 heterocycles. The molecule has 0 fully saturated rings. The van der Waals surface area contributed by atoms with Gasteiger partial charge in [0.1, 0.15) is 5.82 Å². The first-order chi connectivity index (χ1) is 14.8. The SMILES string of the molecule is COC(=O)C[C@H](O)C[C@H](O)/C=C\[C@@H]1[C@H](c2ccc(F)cc2)c2ccccc2N1C(C)C. The highest BCUT2D eigenvalue weighted by Gasteiger charge is 2.38. The summed E-state index contributed by atoms with van der Waals surface area (Å²) in [7, 11) is 1.26. The number of anilines is 1. The number of methoxy groups -OCH3 is 1. The van der Waals surface area contributed by atoms with E-state index >= 15 is 0 Å². The number of para-hydroxylation sites is 1. The fraction of sp³-hybridized carbons (Fsp3) is 0.400. The van der Waals surface area contributed by atoms with E-state index in [0.29, 0.717) is 0 Å². The normalized spacial score (nSPS) is 20.2. The van der Waals surface area contributed by atoms with Gasteiger partial charge in [0.05, 0.1) is 31.8 Å². The van der Waals surface area contributed by atoms with Crippen LogP contribution in [0.15, 0.2) is 60.7 Å². The quantitative estimate of drug-likeness (QED) is 0.496. The smallest absolute Gasteiger partial charge is 0.308 e. The molecular weight excluding hydrogens is 397 g/mol. The van der Waals surface area contributed by atoms with Crippen LogP contribution in [0.1, 0.15) is 43.7 Å². The Hall–Kier alpha value is -2.70. The van der Waals surface area contributed by atoms with Crippen LogP contribution in [0, 0.1) is 5.82 Å². The van der Waals surface area contributed by atoms with E-state index in [-0.39, 0.29) is 36.7 Å². The van der Waals surface area contributed by atoms with Crippen LogP contribution in [0.25, 0.3) is 0 Å². The number of benzene rings is 2. The maximum atomic E-state index is 13.5. The lowest BCUT2D eigenvalue weighted by Crippen LogP contribution is -2.38. The number of aliphatic hydroxyl groups excluding tert-OH is 2. The summed E-state index contributed by atoms with van der Waals surface area (Å²) in [6.45, 7) is 4.22. The molecule has 0 aliphatic carbocycles. The van der Waals surface area contributed by atoms with Gasteiger partial charge in [-0.05, 0) is 43.2 Å². The molecule has 1 aliphatic heterocycles. The fourth-order valence-corrected chi connectivity index (χ4v) is 4.32. The van der Waals surface area contributed by atoms with Gasteiger partial charge in [0.15, 0.2) is 0 Å². The van der Waals surface area contributed by atoms with Crippen LogP contribution in [0.3, 0.4) is 0 Å². The van der Waals surface area contributed by atoms with E-state index in [1.54, 1.807) is 18.2 Å². The van der Waals surface area contributed by atoms with Crippen LogP contribution in [0.5, 0.6) is 0 Å². The standard InChI is InChI=1S/C25H30FNO4/c1-16(2)27-22-7-5-4-6-21(22)25(17-8-10-18(26)11-9-17)23(27)13-12-19(28)14-20(29)15-24(30)31-3/h4-13,16,19-20,23,25,28-29H,14-15H2,1-3H3/b13-12-/t19-,20-,23-,25-/m1/s1. The van der Waals surface area contributed by atoms with Crippen LogP contribution < -0.4 is 4.90 Å². The van der Waals surface area contributed by atoms with Crippen molar-refractivity contribution in [1.82, 2.24) is 0 Å². The average molecular weight is 428 g/mol. The number of hydrogen-bond donors (Lipinski definition) is 2. The highest BCUT2D eigenvalue weighted by atomic mass is 19.1. The molecule has 0 radical (unpaired) electrons. The summed E-state index contributed by atoms with van der Waals surface area (Å²) < 4.78 is 18.1. The maximum Gasteiger partial charge on any atom is 0.308 e. The summed E-state index contributed by atoms with van der Waals surface area (Å²) in [4.78, 5) is 13.6. The first-order valence-electron chi connectivity index (χ1n) is 10.6. The number of halogens is 1. The van der Waals surface area contributed by atoms with Crippen molar-refractivity contribution in [2.24, 2.45) is 0 Å². The zero-order valence-corrected chi connectivity index (χ0v) is 18.1. The van der Waals surface area contributed by atoms with Gasteiger partial charge in [-0.25, -0.2) is 4.39 Å². The summed E-state index contributed by atoms with van der Waals surface area (Å²) in [5, 5.41) is 20.4. The summed E-state index contributed by atoms with van der Waals surface area (Å²) in [6.07, 6.45) is 1.60. The second-order valence-corrected chi connectivity index (χ2v) is 8.20. The molecule has 31 heavy (non-hydrogen) atoms. The van der Waals surface area contributed by atoms with Gasteiger partial charge in [0, 0.05) is 24.1 Å². The molecule has 0 aromatic heterocycles. The van der Waals surface area contributed by atoms with E-state index in [9.17, 15) is 19.4 Å². The average Bonchev–Trinajstić information content (AvgIpc) is 3.07. The van der Waals surface area contributed by atoms with E-state index in [2.05, 4.69) is 35.6 Å². The van der Waals surface area contributed by atoms with Crippen molar-refractivity contribution < 1.29 is 24.1 Å². The number of esters is 1. The van der Waals surface area contributed by atoms with Crippen molar-refractivity contribution in [2.75, 3.05) is 12.0 Å². The summed E-state index contributed by atoms with van der Waals surface area (Å²) >= 11 is 0. The lowest BCUT2D eigenvalue weighted by Gasteiger charge is -2.32. The first kappa shape index (κ1) is 23.0. The van der Waals surface area contributed by atoms with Crippen LogP contribution in [-0.2, 0) is 9.53 Å². The number of carbonyl (C=O) groups is 1. The lowest BCUT2D eigenvalue weighted by molar-refractivity contribution is -0.143. The maximum absolute atomic E-state index is 13.5. The molecule has 5 nitrogen and oxygen atoms in total. The molecule has 0 amide bonds. The largest absolute Gasteiger partial charge is 0.469 e. The minimum Gasteiger partial charge on any atom is -0.469 e. The monoisotopic (exact) mass is 427 g/mol. The van der Waals surface area contributed by atoms with Crippen molar-refractivity contribution >= 4 is 11.7 Å². The zero-order valence-electron chi connectivity index (χ0n) is 18.1. The Morgan fingerprint density at radius 2 is 1.84 bits per heavy atom. The van der Waals surface area contributed by atoms with Gasteiger partial charge in [-0.3, -0.25) is 4.79 Å². The number of nitrogens with zero attached hydrogens (tertiary/aromatic N) is 1. The van der Waals surface area contributed by atoms with Gasteiger partial charge in [-0.1, -0.05) is 42.5 Å². The zero-order chi connectivity index (χ0) is 22.5. The highest BCUT2D eigenvalue weighted by molar-refractivity contribution is 5.69. The number of fused-ring (bicyclic) bond motifs is 1. The van der Waals surface area contributed by atoms with Crippen LogP contribution >= 0.6 is 0 Å². The molecule has 0 spiro atoms. The van der Waals surface area contributed by atoms with E-state index in [1.807, 2.05) is 18.2 Å². The van der Waals surface area contributed by atoms with Gasteiger partial charge in [-0.2, -0.15) is 0 Å². The third kappa shape index (κ3) is 5.32. The molecule has 0 unspecified atom stereocenters. The minimum absolute atomic E-state index is 0.0253. The van der Waals surface area contributed by atoms with Crippen molar-refractivity contribution in [3.63, 3.8) is 0 Å². The second-order valence-electron chi connectivity index (χ2n) is 8.20. The predicted octanol–water partition coefficient (Wildman–Crippen LogP) is 3.79. The Kier molecular flexibility index (Phi) is 7.46. The summed E-state index contributed by atoms with van der Waals surface area (Å²) in [5.41, 5.74) is 3.26. The molecule has 1 aliphatic rings. The molecule has 0 bridgehead atoms. The number of rotatable bonds is 8. The predicted molar refractivity (Wildman–Crippen MR) is 118 cm³/mol. The lowest BCUT2D eigenvalue weighted by atomic mass is 9.87. The third-order valence-corrected chi connectivity index (χ3v) is 5.67. The molecule has 2 N–H and O–H groups in total. The summed E-state index contributed by atoms with van der Waals surface area (Å²) in [6, 6.07) is 14.8. The second kappa shape index (κ2) is 10.1. The molecule has 4 atom stereocenters. The topological polar surface area (TPSA) is 70.0 Å². The number of hydrogen-bond acceptors (Lipinski definition) is 5. The molecule has 2 aromatic rings. The van der Waals surface area contributed by atoms with E-state index in [0.717, 1.165) is 16.8 Å².